The van der Waals surface area contributed by atoms with Crippen LogP contribution in [0.2, 0.25) is 5.02 Å². The first kappa shape index (κ1) is 15.3. The van der Waals surface area contributed by atoms with E-state index < -0.39 is 0 Å². The van der Waals surface area contributed by atoms with Crippen LogP contribution in [-0.2, 0) is 11.3 Å². The number of carbonyl (C=O) groups excluding carboxylic acids is 1. The maximum absolute atomic E-state index is 13.6. The van der Waals surface area contributed by atoms with Crippen molar-refractivity contribution in [1.29, 1.82) is 0 Å². The normalized spacial score (nSPS) is 10.2. The van der Waals surface area contributed by atoms with Crippen molar-refractivity contribution < 1.29 is 9.18 Å². The molecule has 2 aromatic carbocycles. The molecule has 0 saturated heterocycles. The van der Waals surface area contributed by atoms with Crippen molar-refractivity contribution in [2.75, 3.05) is 10.6 Å². The van der Waals surface area contributed by atoms with Gasteiger partial charge in [-0.15, -0.1) is 0 Å². The largest absolute Gasteiger partial charge is 0.381 e. The molecule has 0 atom stereocenters. The van der Waals surface area contributed by atoms with Gasteiger partial charge in [-0.2, -0.15) is 0 Å². The highest BCUT2D eigenvalue weighted by molar-refractivity contribution is 6.30. The Kier molecular flexibility index (Phi) is 5.17. The zero-order valence-electron chi connectivity index (χ0n) is 11.6. The van der Waals surface area contributed by atoms with Gasteiger partial charge in [0.15, 0.2) is 0 Å². The van der Waals surface area contributed by atoms with Crippen LogP contribution in [-0.4, -0.2) is 5.91 Å². The Balaban J connectivity index is 1.96. The highest BCUT2D eigenvalue weighted by Gasteiger charge is 2.03. The lowest BCUT2D eigenvalue weighted by Gasteiger charge is -2.09. The van der Waals surface area contributed by atoms with Crippen molar-refractivity contribution in [2.45, 2.75) is 19.9 Å². The quantitative estimate of drug-likeness (QED) is 0.857. The predicted octanol–water partition coefficient (Wildman–Crippen LogP) is 4.44. The van der Waals surface area contributed by atoms with Crippen molar-refractivity contribution in [1.82, 2.24) is 0 Å². The summed E-state index contributed by atoms with van der Waals surface area (Å²) < 4.78 is 13.6. The minimum absolute atomic E-state index is 0.0288. The molecule has 3 nitrogen and oxygen atoms in total. The van der Waals surface area contributed by atoms with Gasteiger partial charge in [-0.05, 0) is 36.4 Å². The number of anilines is 2. The molecular weight excluding hydrogens is 291 g/mol. The molecule has 0 saturated carbocycles. The van der Waals surface area contributed by atoms with Crippen LogP contribution in [0.5, 0.6) is 0 Å². The maximum Gasteiger partial charge on any atom is 0.224 e. The van der Waals surface area contributed by atoms with Gasteiger partial charge >= 0.3 is 0 Å². The van der Waals surface area contributed by atoms with Crippen molar-refractivity contribution in [2.24, 2.45) is 0 Å². The van der Waals surface area contributed by atoms with Crippen LogP contribution in [0, 0.1) is 5.82 Å². The zero-order chi connectivity index (χ0) is 15.2. The smallest absolute Gasteiger partial charge is 0.224 e. The van der Waals surface area contributed by atoms with Crippen molar-refractivity contribution in [3.63, 3.8) is 0 Å². The number of halogens is 2. The minimum atomic E-state index is -0.332. The fourth-order valence-corrected chi connectivity index (χ4v) is 1.94. The summed E-state index contributed by atoms with van der Waals surface area (Å²) in [6, 6.07) is 11.9. The molecule has 0 spiro atoms. The Morgan fingerprint density at radius 2 is 1.81 bits per heavy atom. The van der Waals surface area contributed by atoms with Gasteiger partial charge < -0.3 is 10.6 Å². The van der Waals surface area contributed by atoms with Crippen LogP contribution in [0.15, 0.2) is 42.5 Å². The summed E-state index contributed by atoms with van der Waals surface area (Å²) in [5, 5.41) is 6.27. The van der Waals surface area contributed by atoms with E-state index in [-0.39, 0.29) is 11.7 Å². The number of rotatable bonds is 5. The first-order valence-electron chi connectivity index (χ1n) is 6.66. The average molecular weight is 307 g/mol. The second-order valence-electron chi connectivity index (χ2n) is 4.57. The first-order valence-corrected chi connectivity index (χ1v) is 7.04. The molecule has 2 aromatic rings. The molecule has 110 valence electrons. The van der Waals surface area contributed by atoms with Gasteiger partial charge in [0.05, 0.1) is 0 Å². The zero-order valence-corrected chi connectivity index (χ0v) is 12.4. The predicted molar refractivity (Wildman–Crippen MR) is 84.1 cm³/mol. The fourth-order valence-electron chi connectivity index (χ4n) is 1.78. The van der Waals surface area contributed by atoms with E-state index in [4.69, 9.17) is 11.6 Å². The molecule has 1 amide bonds. The van der Waals surface area contributed by atoms with Gasteiger partial charge in [-0.1, -0.05) is 24.6 Å². The van der Waals surface area contributed by atoms with E-state index in [1.54, 1.807) is 31.2 Å². The van der Waals surface area contributed by atoms with Crippen LogP contribution in [0.25, 0.3) is 0 Å². The molecule has 0 aliphatic rings. The third-order valence-corrected chi connectivity index (χ3v) is 3.22. The number of hydrogen-bond acceptors (Lipinski definition) is 2. The molecule has 21 heavy (non-hydrogen) atoms. The molecule has 0 aliphatic heterocycles. The number of nitrogens with one attached hydrogen (secondary N) is 2. The molecule has 0 radical (unpaired) electrons. The van der Waals surface area contributed by atoms with Crippen molar-refractivity contribution in [3.05, 3.63) is 58.9 Å². The molecule has 0 unspecified atom stereocenters. The van der Waals surface area contributed by atoms with Crippen LogP contribution in [0.1, 0.15) is 18.9 Å². The Morgan fingerprint density at radius 1 is 1.14 bits per heavy atom. The summed E-state index contributed by atoms with van der Waals surface area (Å²) in [5.74, 6) is -0.360. The fraction of sp³-hybridized carbons (Fsp3) is 0.188. The number of hydrogen-bond donors (Lipinski definition) is 2. The minimum Gasteiger partial charge on any atom is -0.381 e. The lowest BCUT2D eigenvalue weighted by Crippen LogP contribution is -2.09. The Morgan fingerprint density at radius 3 is 2.43 bits per heavy atom. The SMILES string of the molecule is CCC(=O)Nc1ccc(NCc2ccc(Cl)cc2F)cc1. The molecule has 2 rings (SSSR count). The number of benzene rings is 2. The highest BCUT2D eigenvalue weighted by Crippen LogP contribution is 2.18. The summed E-state index contributed by atoms with van der Waals surface area (Å²) in [6.45, 7) is 2.16. The monoisotopic (exact) mass is 306 g/mol. The topological polar surface area (TPSA) is 41.1 Å². The van der Waals surface area contributed by atoms with Crippen molar-refractivity contribution >= 4 is 28.9 Å². The standard InChI is InChI=1S/C16H16ClFN2O/c1-2-16(21)20-14-7-5-13(6-8-14)19-10-11-3-4-12(17)9-15(11)18/h3-9,19H,2,10H2,1H3,(H,20,21). The Hall–Kier alpha value is -2.07. The lowest BCUT2D eigenvalue weighted by atomic mass is 10.2. The van der Waals surface area contributed by atoms with Crippen molar-refractivity contribution in [3.8, 4) is 0 Å². The number of amides is 1. The van der Waals surface area contributed by atoms with Gasteiger partial charge in [-0.3, -0.25) is 4.79 Å². The summed E-state index contributed by atoms with van der Waals surface area (Å²) in [6.07, 6.45) is 0.440. The van der Waals surface area contributed by atoms with Gasteiger partial charge in [-0.25, -0.2) is 4.39 Å². The molecule has 5 heteroatoms. The summed E-state index contributed by atoms with van der Waals surface area (Å²) in [4.78, 5) is 11.3. The van der Waals surface area contributed by atoms with E-state index in [0.29, 0.717) is 23.6 Å². The van der Waals surface area contributed by atoms with Gasteiger partial charge in [0.1, 0.15) is 5.82 Å². The third-order valence-electron chi connectivity index (χ3n) is 2.99. The van der Waals surface area contributed by atoms with E-state index in [2.05, 4.69) is 10.6 Å². The van der Waals surface area contributed by atoms with E-state index >= 15 is 0 Å². The highest BCUT2D eigenvalue weighted by atomic mass is 35.5. The van der Waals surface area contributed by atoms with Crippen LogP contribution >= 0.6 is 11.6 Å². The van der Waals surface area contributed by atoms with Gasteiger partial charge in [0.25, 0.3) is 0 Å². The Labute approximate surface area is 128 Å². The number of carbonyl (C=O) groups is 1. The van der Waals surface area contributed by atoms with E-state index in [9.17, 15) is 9.18 Å². The lowest BCUT2D eigenvalue weighted by molar-refractivity contribution is -0.115. The van der Waals surface area contributed by atoms with Gasteiger partial charge in [0, 0.05) is 34.9 Å². The second kappa shape index (κ2) is 7.09. The summed E-state index contributed by atoms with van der Waals surface area (Å²) in [5.41, 5.74) is 2.13. The molecule has 0 fully saturated rings. The molecule has 0 bridgehead atoms. The maximum atomic E-state index is 13.6. The van der Waals surface area contributed by atoms with E-state index in [1.807, 2.05) is 12.1 Å². The molecule has 0 heterocycles. The van der Waals surface area contributed by atoms with Gasteiger partial charge in [0.2, 0.25) is 5.91 Å². The second-order valence-corrected chi connectivity index (χ2v) is 5.00. The van der Waals surface area contributed by atoms with Crippen LogP contribution in [0.3, 0.4) is 0 Å². The van der Waals surface area contributed by atoms with Crippen LogP contribution < -0.4 is 10.6 Å². The van der Waals surface area contributed by atoms with Crippen LogP contribution in [0.4, 0.5) is 15.8 Å². The summed E-state index contributed by atoms with van der Waals surface area (Å²) >= 11 is 5.71. The first-order chi connectivity index (χ1) is 10.1. The summed E-state index contributed by atoms with van der Waals surface area (Å²) in [7, 11) is 0. The molecular formula is C16H16ClFN2O. The Bertz CT molecular complexity index is 629. The molecule has 0 aliphatic carbocycles. The average Bonchev–Trinajstić information content (AvgIpc) is 2.48. The molecule has 0 aromatic heterocycles. The third kappa shape index (κ3) is 4.46. The van der Waals surface area contributed by atoms with E-state index in [1.165, 1.54) is 6.07 Å². The molecule has 2 N–H and O–H groups in total. The van der Waals surface area contributed by atoms with E-state index in [0.717, 1.165) is 11.4 Å².